The Labute approximate surface area is 375 Å². The van der Waals surface area contributed by atoms with E-state index >= 15 is 4.79 Å². The number of ether oxygens (including phenoxy) is 8. The number of aromatic hydroxyl groups is 1. The van der Waals surface area contributed by atoms with Crippen LogP contribution < -0.4 is 5.43 Å². The predicted molar refractivity (Wildman–Crippen MR) is 228 cm³/mol. The van der Waals surface area contributed by atoms with Crippen molar-refractivity contribution < 1.29 is 77.1 Å². The van der Waals surface area contributed by atoms with Crippen LogP contribution >= 0.6 is 0 Å². The van der Waals surface area contributed by atoms with Gasteiger partial charge in [-0.05, 0) is 79.8 Å². The summed E-state index contributed by atoms with van der Waals surface area (Å²) in [5.41, 5.74) is -3.85. The predicted octanol–water partition coefficient (Wildman–Crippen LogP) is 2.75. The van der Waals surface area contributed by atoms with E-state index in [0.717, 1.165) is 7.11 Å². The van der Waals surface area contributed by atoms with Crippen LogP contribution in [0.5, 0.6) is 5.75 Å². The van der Waals surface area contributed by atoms with Crippen molar-refractivity contribution in [3.63, 3.8) is 0 Å². The van der Waals surface area contributed by atoms with Crippen LogP contribution in [0, 0.1) is 0 Å². The van der Waals surface area contributed by atoms with E-state index in [0.29, 0.717) is 0 Å². The summed E-state index contributed by atoms with van der Waals surface area (Å²) in [4.78, 5) is 60.3. The number of esters is 1. The Hall–Kier alpha value is -4.18. The molecular weight excluding hydrogens is 851 g/mol. The second-order valence-corrected chi connectivity index (χ2v) is 18.6. The number of fused-ring (bicyclic) bond motifs is 4. The highest BCUT2D eigenvalue weighted by Crippen LogP contribution is 2.50. The molecule has 4 aliphatic heterocycles. The van der Waals surface area contributed by atoms with Crippen LogP contribution in [0.1, 0.15) is 115 Å². The van der Waals surface area contributed by atoms with Crippen LogP contribution in [0.15, 0.2) is 33.5 Å². The third-order valence-electron chi connectivity index (χ3n) is 14.7. The van der Waals surface area contributed by atoms with Gasteiger partial charge in [-0.2, -0.15) is 0 Å². The monoisotopic (exact) mass is 909 g/mol. The maximum absolute atomic E-state index is 15.1. The highest BCUT2D eigenvalue weighted by atomic mass is 16.7. The van der Waals surface area contributed by atoms with E-state index < -0.39 is 119 Å². The van der Waals surface area contributed by atoms with Crippen molar-refractivity contribution in [1.82, 2.24) is 4.90 Å². The molecule has 354 valence electrons. The van der Waals surface area contributed by atoms with Gasteiger partial charge < -0.3 is 67.6 Å². The molecule has 1 aromatic heterocycles. The highest BCUT2D eigenvalue weighted by Gasteiger charge is 2.55. The molecule has 18 nitrogen and oxygen atoms in total. The molecule has 18 heteroatoms. The summed E-state index contributed by atoms with van der Waals surface area (Å²) >= 11 is 0. The van der Waals surface area contributed by atoms with Gasteiger partial charge in [0.2, 0.25) is 5.78 Å². The van der Waals surface area contributed by atoms with Crippen LogP contribution in [-0.4, -0.2) is 157 Å². The van der Waals surface area contributed by atoms with Gasteiger partial charge in [-0.3, -0.25) is 19.2 Å². The zero-order chi connectivity index (χ0) is 47.3. The number of carbonyl (C=O) groups is 3. The largest absolute Gasteiger partial charge is 0.507 e. The molecule has 8 rings (SSSR count). The fraction of sp³-hybridized carbons (Fsp3) is 0.617. The quantitative estimate of drug-likeness (QED) is 0.132. The number of hydrogen-bond donors (Lipinski definition) is 4. The molecule has 0 amide bonds. The van der Waals surface area contributed by atoms with Crippen LogP contribution in [0.2, 0.25) is 0 Å². The minimum atomic E-state index is -1.64. The SMILES string of the molecule is COC(=O)C(c1cc2c(c3oc(C4(C)OC4C)cc(=O)c13)C(=O)c1c(ccc(C3CC(C)(N(C)C)C(OC4CC(OC)C(O)C(C)O4)C(C)O3)c1O)C2=O)C1OC(C)C(O)C(OC)C1O. The minimum absolute atomic E-state index is 0.0528. The average Bonchev–Trinajstić information content (AvgIpc) is 3.89. The molecule has 2 aromatic carbocycles. The molecule has 5 aliphatic rings. The smallest absolute Gasteiger partial charge is 0.315 e. The number of aliphatic hydroxyl groups is 3. The Balaban J connectivity index is 1.23. The molecule has 0 bridgehead atoms. The maximum atomic E-state index is 15.1. The number of phenols is 1. The molecule has 16 unspecified atom stereocenters. The van der Waals surface area contributed by atoms with Gasteiger partial charge >= 0.3 is 5.97 Å². The fourth-order valence-corrected chi connectivity index (χ4v) is 10.3. The zero-order valence-electron chi connectivity index (χ0n) is 38.3. The van der Waals surface area contributed by atoms with Gasteiger partial charge in [0.25, 0.3) is 0 Å². The Morgan fingerprint density at radius 2 is 1.52 bits per heavy atom. The lowest BCUT2D eigenvalue weighted by molar-refractivity contribution is -0.300. The van der Waals surface area contributed by atoms with Crippen molar-refractivity contribution in [2.75, 3.05) is 35.4 Å². The topological polar surface area (TPSA) is 243 Å². The first-order valence-corrected chi connectivity index (χ1v) is 21.9. The second-order valence-electron chi connectivity index (χ2n) is 18.6. The van der Waals surface area contributed by atoms with Crippen molar-refractivity contribution >= 4 is 28.5 Å². The molecule has 5 heterocycles. The van der Waals surface area contributed by atoms with E-state index in [2.05, 4.69) is 0 Å². The van der Waals surface area contributed by atoms with Crippen molar-refractivity contribution in [1.29, 1.82) is 0 Å². The average molecular weight is 910 g/mol. The van der Waals surface area contributed by atoms with Gasteiger partial charge in [0.15, 0.2) is 17.5 Å². The van der Waals surface area contributed by atoms with E-state index in [1.165, 1.54) is 45.4 Å². The number of likely N-dealkylation sites (N-methyl/N-ethyl adjacent to an activating group) is 1. The number of methoxy groups -OCH3 is 3. The van der Waals surface area contributed by atoms with E-state index in [1.807, 2.05) is 32.8 Å². The molecular formula is C47H59NO17. The lowest BCUT2D eigenvalue weighted by Gasteiger charge is -2.52. The summed E-state index contributed by atoms with van der Waals surface area (Å²) < 4.78 is 53.7. The molecule has 4 saturated heterocycles. The summed E-state index contributed by atoms with van der Waals surface area (Å²) in [6.07, 6.45) is -11.1. The Morgan fingerprint density at radius 1 is 0.846 bits per heavy atom. The summed E-state index contributed by atoms with van der Waals surface area (Å²) in [6.45, 7) is 10.6. The van der Waals surface area contributed by atoms with Crippen LogP contribution in [0.25, 0.3) is 11.0 Å². The molecule has 1 aliphatic carbocycles. The Morgan fingerprint density at radius 3 is 2.14 bits per heavy atom. The summed E-state index contributed by atoms with van der Waals surface area (Å²) in [5.74, 6) is -4.58. The van der Waals surface area contributed by atoms with E-state index in [4.69, 9.17) is 42.3 Å². The maximum Gasteiger partial charge on any atom is 0.315 e. The van der Waals surface area contributed by atoms with Gasteiger partial charge in [0, 0.05) is 48.9 Å². The van der Waals surface area contributed by atoms with Gasteiger partial charge in [-0.1, -0.05) is 6.07 Å². The number of rotatable bonds is 10. The molecule has 65 heavy (non-hydrogen) atoms. The van der Waals surface area contributed by atoms with E-state index in [-0.39, 0.29) is 69.1 Å². The number of nitrogens with zero attached hydrogens (tertiary/aromatic N) is 1. The summed E-state index contributed by atoms with van der Waals surface area (Å²) in [6, 6.07) is 5.39. The van der Waals surface area contributed by atoms with E-state index in [9.17, 15) is 34.8 Å². The van der Waals surface area contributed by atoms with Crippen LogP contribution in [-0.2, 0) is 48.3 Å². The molecule has 0 radical (unpaired) electrons. The van der Waals surface area contributed by atoms with Crippen LogP contribution in [0.4, 0.5) is 0 Å². The number of carbonyl (C=O) groups excluding carboxylic acids is 3. The van der Waals surface area contributed by atoms with E-state index in [1.54, 1.807) is 20.8 Å². The first-order chi connectivity index (χ1) is 30.6. The standard InChI is InChI=1S/C47H59NO17/c1-18-35(50)27(57-9)16-30(61-18)64-44-20(3)60-28(17-46(44,5)48(7)8)22-12-13-23-32(38(22)53)39(54)33-25(37(23)52)14-24(31-26(49)15-29(63-41(31)33)47(6)21(4)65-47)34(45(56)59-11)42-40(55)43(58-10)36(51)19(2)62-42/h12-15,18-21,27-28,30,34-36,40,42-44,50-51,53,55H,16-17H2,1-11H3. The second kappa shape index (κ2) is 17.2. The lowest BCUT2D eigenvalue weighted by Crippen LogP contribution is -2.62. The van der Waals surface area contributed by atoms with Crippen molar-refractivity contribution in [2.24, 2.45) is 0 Å². The highest BCUT2D eigenvalue weighted by molar-refractivity contribution is 6.32. The summed E-state index contributed by atoms with van der Waals surface area (Å²) in [5, 5.41) is 44.8. The number of hydrogen-bond acceptors (Lipinski definition) is 18. The third-order valence-corrected chi connectivity index (χ3v) is 14.7. The molecule has 4 N–H and O–H groups in total. The number of benzene rings is 2. The Kier molecular flexibility index (Phi) is 12.5. The minimum Gasteiger partial charge on any atom is -0.507 e. The molecule has 0 spiro atoms. The first-order valence-electron chi connectivity index (χ1n) is 21.9. The van der Waals surface area contributed by atoms with Gasteiger partial charge in [0.1, 0.15) is 65.2 Å². The first kappa shape index (κ1) is 47.3. The molecule has 3 aromatic rings. The van der Waals surface area contributed by atoms with Gasteiger partial charge in [-0.25, -0.2) is 0 Å². The van der Waals surface area contributed by atoms with Crippen molar-refractivity contribution in [3.05, 3.63) is 73.6 Å². The van der Waals surface area contributed by atoms with Crippen LogP contribution in [0.3, 0.4) is 0 Å². The number of ketones is 2. The van der Waals surface area contributed by atoms with Gasteiger partial charge in [-0.15, -0.1) is 0 Å². The number of epoxide rings is 1. The molecule has 16 atom stereocenters. The molecule has 0 saturated carbocycles. The van der Waals surface area contributed by atoms with Crippen molar-refractivity contribution in [2.45, 2.75) is 151 Å². The fourth-order valence-electron chi connectivity index (χ4n) is 10.3. The molecule has 4 fully saturated rings. The number of aliphatic hydroxyl groups excluding tert-OH is 3. The number of phenolic OH excluding ortho intramolecular Hbond substituents is 1. The zero-order valence-corrected chi connectivity index (χ0v) is 38.3. The lowest BCUT2D eigenvalue weighted by atomic mass is 9.76. The summed E-state index contributed by atoms with van der Waals surface area (Å²) in [7, 11) is 7.69. The van der Waals surface area contributed by atoms with Crippen molar-refractivity contribution in [3.8, 4) is 5.75 Å². The normalized spacial score (nSPS) is 37.5. The third kappa shape index (κ3) is 7.54. The van der Waals surface area contributed by atoms with Gasteiger partial charge in [0.05, 0.1) is 60.2 Å². The Bertz CT molecular complexity index is 2450.